The van der Waals surface area contributed by atoms with Crippen LogP contribution in [0.5, 0.6) is 0 Å². The van der Waals surface area contributed by atoms with E-state index in [1.165, 1.54) is 25.1 Å². The first-order valence-electron chi connectivity index (χ1n) is 12.3. The molecule has 1 spiro atoms. The highest BCUT2D eigenvalue weighted by Gasteiger charge is 2.61. The van der Waals surface area contributed by atoms with Gasteiger partial charge in [0.25, 0.3) is 0 Å². The molecule has 6 aliphatic rings. The first kappa shape index (κ1) is 20.8. The van der Waals surface area contributed by atoms with E-state index in [-0.39, 0.29) is 17.3 Å². The van der Waals surface area contributed by atoms with Crippen LogP contribution in [-0.2, 0) is 11.0 Å². The summed E-state index contributed by atoms with van der Waals surface area (Å²) in [6.45, 7) is 4.04. The molecule has 7 heteroatoms. The fourth-order valence-corrected chi connectivity index (χ4v) is 8.40. The van der Waals surface area contributed by atoms with Crippen molar-refractivity contribution < 1.29 is 18.0 Å². The van der Waals surface area contributed by atoms with Crippen LogP contribution < -0.4 is 4.90 Å². The van der Waals surface area contributed by atoms with Crippen molar-refractivity contribution in [3.63, 3.8) is 0 Å². The minimum absolute atomic E-state index is 0.00793. The number of anilines is 1. The van der Waals surface area contributed by atoms with E-state index in [9.17, 15) is 18.0 Å². The van der Waals surface area contributed by atoms with Gasteiger partial charge in [-0.1, -0.05) is 6.92 Å². The van der Waals surface area contributed by atoms with Gasteiger partial charge in [-0.2, -0.15) is 13.2 Å². The lowest BCUT2D eigenvalue weighted by Gasteiger charge is -2.62. The highest BCUT2D eigenvalue weighted by Crippen LogP contribution is 2.61. The summed E-state index contributed by atoms with van der Waals surface area (Å²) in [7, 11) is 0. The number of halogens is 3. The third-order valence-corrected chi connectivity index (χ3v) is 9.77. The van der Waals surface area contributed by atoms with Crippen molar-refractivity contribution in [2.24, 2.45) is 29.1 Å². The van der Waals surface area contributed by atoms with E-state index < -0.39 is 17.2 Å². The molecule has 3 atom stereocenters. The van der Waals surface area contributed by atoms with Gasteiger partial charge in [0.1, 0.15) is 5.82 Å². The normalized spacial score (nSPS) is 41.2. The van der Waals surface area contributed by atoms with E-state index in [1.54, 1.807) is 4.90 Å². The van der Waals surface area contributed by atoms with E-state index >= 15 is 0 Å². The Labute approximate surface area is 187 Å². The van der Waals surface area contributed by atoms with Crippen molar-refractivity contribution in [2.45, 2.75) is 70.0 Å². The quantitative estimate of drug-likeness (QED) is 0.630. The third-order valence-electron chi connectivity index (χ3n) is 9.77. The van der Waals surface area contributed by atoms with Crippen LogP contribution in [0.15, 0.2) is 18.3 Å². The summed E-state index contributed by atoms with van der Waals surface area (Å²) in [5, 5.41) is 0. The molecule has 1 aromatic heterocycles. The maximum Gasteiger partial charge on any atom is 0.419 e. The molecule has 4 aliphatic carbocycles. The number of aromatic nitrogens is 1. The molecule has 0 radical (unpaired) electrons. The zero-order valence-corrected chi connectivity index (χ0v) is 18.7. The van der Waals surface area contributed by atoms with Crippen LogP contribution in [0.1, 0.15) is 63.9 Å². The summed E-state index contributed by atoms with van der Waals surface area (Å²) in [5.41, 5.74) is -1.25. The monoisotopic (exact) mass is 447 g/mol. The predicted octanol–water partition coefficient (Wildman–Crippen LogP) is 5.13. The van der Waals surface area contributed by atoms with E-state index in [4.69, 9.17) is 0 Å². The Hall–Kier alpha value is -1.79. The fourth-order valence-electron chi connectivity index (χ4n) is 8.40. The van der Waals surface area contributed by atoms with Crippen LogP contribution in [0.2, 0.25) is 0 Å². The summed E-state index contributed by atoms with van der Waals surface area (Å²) in [5.74, 6) is 3.17. The molecule has 6 fully saturated rings. The van der Waals surface area contributed by atoms with Crippen molar-refractivity contribution in [1.29, 1.82) is 0 Å². The first-order chi connectivity index (χ1) is 15.2. The molecule has 0 aromatic carbocycles. The van der Waals surface area contributed by atoms with Crippen molar-refractivity contribution in [1.82, 2.24) is 9.88 Å². The van der Waals surface area contributed by atoms with Gasteiger partial charge in [-0.25, -0.2) is 4.98 Å². The van der Waals surface area contributed by atoms with Gasteiger partial charge in [0.05, 0.1) is 11.0 Å². The molecule has 174 valence electrons. The smallest absolute Gasteiger partial charge is 0.355 e. The number of alkyl halides is 3. The minimum atomic E-state index is -4.45. The molecule has 3 heterocycles. The molecule has 7 rings (SSSR count). The Morgan fingerprint density at radius 1 is 1.09 bits per heavy atom. The maximum absolute atomic E-state index is 14.0. The van der Waals surface area contributed by atoms with Crippen LogP contribution in [0.25, 0.3) is 0 Å². The molecule has 4 nitrogen and oxygen atoms in total. The highest BCUT2D eigenvalue weighted by atomic mass is 19.4. The molecule has 2 saturated heterocycles. The molecular formula is C25H32F3N3O. The Bertz CT molecular complexity index is 917. The van der Waals surface area contributed by atoms with Gasteiger partial charge < -0.3 is 9.80 Å². The number of nitrogens with zero attached hydrogens (tertiary/aromatic N) is 3. The summed E-state index contributed by atoms with van der Waals surface area (Å²) >= 11 is 0. The second-order valence-corrected chi connectivity index (χ2v) is 11.4. The average molecular weight is 448 g/mol. The maximum atomic E-state index is 14.0. The number of rotatable bonds is 2. The second kappa shape index (κ2) is 6.86. The van der Waals surface area contributed by atoms with E-state index in [1.807, 2.05) is 0 Å². The van der Waals surface area contributed by atoms with Gasteiger partial charge in [-0.15, -0.1) is 0 Å². The van der Waals surface area contributed by atoms with Crippen molar-refractivity contribution in [3.05, 3.63) is 23.9 Å². The Balaban J connectivity index is 1.27. The molecule has 1 amide bonds. The third kappa shape index (κ3) is 2.95. The number of hydrogen-bond donors (Lipinski definition) is 0. The Morgan fingerprint density at radius 2 is 1.84 bits per heavy atom. The van der Waals surface area contributed by atoms with Gasteiger partial charge in [0, 0.05) is 31.4 Å². The second-order valence-electron chi connectivity index (χ2n) is 11.4. The van der Waals surface area contributed by atoms with E-state index in [2.05, 4.69) is 16.8 Å². The average Bonchev–Trinajstić information content (AvgIpc) is 3.07. The number of hydrogen-bond acceptors (Lipinski definition) is 3. The topological polar surface area (TPSA) is 36.4 Å². The van der Waals surface area contributed by atoms with Crippen LogP contribution in [0.3, 0.4) is 0 Å². The van der Waals surface area contributed by atoms with Crippen molar-refractivity contribution in [2.75, 3.05) is 24.5 Å². The molecule has 4 saturated carbocycles. The molecular weight excluding hydrogens is 415 g/mol. The largest absolute Gasteiger partial charge is 0.419 e. The molecule has 4 bridgehead atoms. The Kier molecular flexibility index (Phi) is 4.46. The van der Waals surface area contributed by atoms with Gasteiger partial charge in [0.15, 0.2) is 0 Å². The van der Waals surface area contributed by atoms with Crippen LogP contribution in [0.4, 0.5) is 19.0 Å². The summed E-state index contributed by atoms with van der Waals surface area (Å²) < 4.78 is 40.9. The lowest BCUT2D eigenvalue weighted by Crippen LogP contribution is -2.63. The van der Waals surface area contributed by atoms with Crippen LogP contribution >= 0.6 is 0 Å². The predicted molar refractivity (Wildman–Crippen MR) is 115 cm³/mol. The van der Waals surface area contributed by atoms with Crippen LogP contribution in [0, 0.1) is 29.1 Å². The van der Waals surface area contributed by atoms with Crippen LogP contribution in [-0.4, -0.2) is 41.0 Å². The summed E-state index contributed by atoms with van der Waals surface area (Å²) in [6, 6.07) is 2.44. The lowest BCUT2D eigenvalue weighted by atomic mass is 9.49. The lowest BCUT2D eigenvalue weighted by molar-refractivity contribution is -0.157. The number of piperidine rings is 1. The molecule has 0 N–H and O–H groups in total. The van der Waals surface area contributed by atoms with Crippen molar-refractivity contribution >= 4 is 11.7 Å². The number of carbonyl (C=O) groups is 1. The number of amides is 1. The zero-order chi connectivity index (χ0) is 22.3. The molecule has 2 aliphatic heterocycles. The minimum Gasteiger partial charge on any atom is -0.355 e. The standard InChI is InChI=1S/C25H32F3N3O/c1-16-18-10-17-11-19(16)14-24(12-17,13-18)31-9-6-23(22(31)32)5-3-8-30(15-23)21-20(25(26,27)28)4-2-7-29-21/h2,4,7,16-19H,3,5-6,8-15H2,1H3. The summed E-state index contributed by atoms with van der Waals surface area (Å²) in [4.78, 5) is 22.1. The summed E-state index contributed by atoms with van der Waals surface area (Å²) in [6.07, 6.45) is 5.27. The zero-order valence-electron chi connectivity index (χ0n) is 18.7. The molecule has 3 unspecified atom stereocenters. The first-order valence-corrected chi connectivity index (χ1v) is 12.3. The number of carbonyl (C=O) groups excluding carboxylic acids is 1. The van der Waals surface area contributed by atoms with Gasteiger partial charge in [-0.3, -0.25) is 4.79 Å². The number of pyridine rings is 1. The molecule has 1 aromatic rings. The van der Waals surface area contributed by atoms with Gasteiger partial charge in [-0.05, 0) is 87.2 Å². The van der Waals surface area contributed by atoms with Gasteiger partial charge in [0.2, 0.25) is 5.91 Å². The Morgan fingerprint density at radius 3 is 2.56 bits per heavy atom. The van der Waals surface area contributed by atoms with E-state index in [0.717, 1.165) is 74.8 Å². The SMILES string of the molecule is CC1C2CC3CC1CC(N1CCC4(CCCN(c5ncccc5C(F)(F)F)C4)C1=O)(C3)C2. The van der Waals surface area contributed by atoms with E-state index in [0.29, 0.717) is 13.1 Å². The van der Waals surface area contributed by atoms with Gasteiger partial charge >= 0.3 is 6.18 Å². The number of likely N-dealkylation sites (tertiary alicyclic amines) is 1. The van der Waals surface area contributed by atoms with Crippen molar-refractivity contribution in [3.8, 4) is 0 Å². The highest BCUT2D eigenvalue weighted by molar-refractivity contribution is 5.86. The fraction of sp³-hybridized carbons (Fsp3) is 0.760. The molecule has 32 heavy (non-hydrogen) atoms.